The van der Waals surface area contributed by atoms with Crippen LogP contribution in [0.4, 0.5) is 0 Å². The van der Waals surface area contributed by atoms with Gasteiger partial charge >= 0.3 is 0 Å². The highest BCUT2D eigenvalue weighted by Crippen LogP contribution is 2.37. The Morgan fingerprint density at radius 2 is 1.82 bits per heavy atom. The Kier molecular flexibility index (Phi) is 4.08. The summed E-state index contributed by atoms with van der Waals surface area (Å²) in [6.07, 6.45) is 3.41. The zero-order valence-corrected chi connectivity index (χ0v) is 13.8. The highest BCUT2D eigenvalue weighted by atomic mass is 35.5. The van der Waals surface area contributed by atoms with E-state index in [1.807, 2.05) is 29.0 Å². The van der Waals surface area contributed by atoms with Crippen molar-refractivity contribution < 1.29 is 9.47 Å². The van der Waals surface area contributed by atoms with Crippen molar-refractivity contribution in [3.63, 3.8) is 0 Å². The molecule has 0 amide bonds. The Morgan fingerprint density at radius 3 is 2.41 bits per heavy atom. The van der Waals surface area contributed by atoms with Crippen LogP contribution in [0.3, 0.4) is 0 Å². The molecule has 0 fully saturated rings. The van der Waals surface area contributed by atoms with Gasteiger partial charge in [0.2, 0.25) is 0 Å². The highest BCUT2D eigenvalue weighted by Gasteiger charge is 2.21. The van der Waals surface area contributed by atoms with Crippen molar-refractivity contribution in [2.75, 3.05) is 20.5 Å². The summed E-state index contributed by atoms with van der Waals surface area (Å²) in [5, 5.41) is 1.02. The van der Waals surface area contributed by atoms with Gasteiger partial charge in [-0.05, 0) is 18.4 Å². The second kappa shape index (κ2) is 6.02. The minimum Gasteiger partial charge on any atom is -0.494 e. The van der Waals surface area contributed by atoms with Crippen LogP contribution in [0.5, 0.6) is 11.5 Å². The molecule has 6 nitrogen and oxygen atoms in total. The van der Waals surface area contributed by atoms with E-state index >= 15 is 0 Å². The molecule has 0 unspecified atom stereocenters. The standard InChI is InChI=1S/C14H13ClN4O2S/c1-20-8-5-4-6-9(21-2)11(8)19-13-12(18-14(19)22-3)16-7-10(15)17-13/h4-7H,1-3H3. The van der Waals surface area contributed by atoms with Gasteiger partial charge in [-0.3, -0.25) is 4.57 Å². The number of nitrogens with zero attached hydrogens (tertiary/aromatic N) is 4. The average molecular weight is 337 g/mol. The molecule has 3 rings (SSSR count). The maximum absolute atomic E-state index is 5.99. The minimum absolute atomic E-state index is 0.301. The third-order valence-electron chi connectivity index (χ3n) is 3.12. The molecule has 22 heavy (non-hydrogen) atoms. The Morgan fingerprint density at radius 1 is 1.14 bits per heavy atom. The van der Waals surface area contributed by atoms with Crippen molar-refractivity contribution in [2.24, 2.45) is 0 Å². The lowest BCUT2D eigenvalue weighted by atomic mass is 10.2. The molecule has 2 aromatic heterocycles. The summed E-state index contributed by atoms with van der Waals surface area (Å²) in [6.45, 7) is 0. The fraction of sp³-hybridized carbons (Fsp3) is 0.214. The molecule has 0 radical (unpaired) electrons. The van der Waals surface area contributed by atoms with Gasteiger partial charge in [0.15, 0.2) is 16.5 Å². The van der Waals surface area contributed by atoms with Crippen molar-refractivity contribution in [1.82, 2.24) is 19.5 Å². The molecule has 0 saturated heterocycles. The van der Waals surface area contributed by atoms with E-state index in [-0.39, 0.29) is 0 Å². The molecule has 0 N–H and O–H groups in total. The Labute approximate surface area is 136 Å². The predicted molar refractivity (Wildman–Crippen MR) is 86.6 cm³/mol. The number of fused-ring (bicyclic) bond motifs is 1. The lowest BCUT2D eigenvalue weighted by Gasteiger charge is -2.15. The fourth-order valence-electron chi connectivity index (χ4n) is 2.20. The SMILES string of the molecule is COc1cccc(OC)c1-n1c(SC)nc2ncc(Cl)nc21. The van der Waals surface area contributed by atoms with Crippen LogP contribution in [0.2, 0.25) is 5.15 Å². The molecule has 0 saturated carbocycles. The summed E-state index contributed by atoms with van der Waals surface area (Å²) in [4.78, 5) is 13.1. The van der Waals surface area contributed by atoms with E-state index in [1.54, 1.807) is 14.2 Å². The quantitative estimate of drug-likeness (QED) is 0.682. The second-order valence-corrected chi connectivity index (χ2v) is 5.45. The smallest absolute Gasteiger partial charge is 0.198 e. The molecule has 3 aromatic rings. The Hall–Kier alpha value is -1.99. The van der Waals surface area contributed by atoms with Gasteiger partial charge in [-0.25, -0.2) is 15.0 Å². The number of thioether (sulfide) groups is 1. The largest absolute Gasteiger partial charge is 0.494 e. The normalized spacial score (nSPS) is 10.9. The summed E-state index contributed by atoms with van der Waals surface area (Å²) < 4.78 is 12.8. The van der Waals surface area contributed by atoms with Gasteiger partial charge in [-0.1, -0.05) is 29.4 Å². The first-order valence-electron chi connectivity index (χ1n) is 6.36. The first-order valence-corrected chi connectivity index (χ1v) is 7.96. The number of rotatable bonds is 4. The second-order valence-electron chi connectivity index (χ2n) is 4.28. The molecule has 0 bridgehead atoms. The number of imidazole rings is 1. The zero-order chi connectivity index (χ0) is 15.7. The van der Waals surface area contributed by atoms with Gasteiger partial charge in [0.05, 0.1) is 20.4 Å². The van der Waals surface area contributed by atoms with E-state index in [0.29, 0.717) is 27.9 Å². The van der Waals surface area contributed by atoms with E-state index in [9.17, 15) is 0 Å². The first-order chi connectivity index (χ1) is 10.7. The summed E-state index contributed by atoms with van der Waals surface area (Å²) in [6, 6.07) is 5.56. The molecule has 0 aliphatic rings. The number of hydrogen-bond acceptors (Lipinski definition) is 6. The maximum atomic E-state index is 5.99. The maximum Gasteiger partial charge on any atom is 0.198 e. The molecular formula is C14H13ClN4O2S. The number of para-hydroxylation sites is 1. The van der Waals surface area contributed by atoms with Gasteiger partial charge < -0.3 is 9.47 Å². The van der Waals surface area contributed by atoms with Crippen LogP contribution < -0.4 is 9.47 Å². The Bertz CT molecular complexity index is 815. The molecule has 1 aromatic carbocycles. The van der Waals surface area contributed by atoms with E-state index < -0.39 is 0 Å². The monoisotopic (exact) mass is 336 g/mol. The van der Waals surface area contributed by atoms with Crippen molar-refractivity contribution in [3.05, 3.63) is 29.5 Å². The van der Waals surface area contributed by atoms with Crippen LogP contribution in [-0.2, 0) is 0 Å². The zero-order valence-electron chi connectivity index (χ0n) is 12.2. The van der Waals surface area contributed by atoms with E-state index in [4.69, 9.17) is 21.1 Å². The van der Waals surface area contributed by atoms with Gasteiger partial charge in [-0.2, -0.15) is 0 Å². The number of methoxy groups -OCH3 is 2. The molecule has 8 heteroatoms. The Balaban J connectivity index is 2.41. The van der Waals surface area contributed by atoms with Crippen molar-refractivity contribution in [1.29, 1.82) is 0 Å². The molecular weight excluding hydrogens is 324 g/mol. The van der Waals surface area contributed by atoms with Crippen LogP contribution in [0.1, 0.15) is 0 Å². The molecule has 114 valence electrons. The van der Waals surface area contributed by atoms with Crippen molar-refractivity contribution >= 4 is 34.7 Å². The van der Waals surface area contributed by atoms with E-state index in [2.05, 4.69) is 15.0 Å². The van der Waals surface area contributed by atoms with Gasteiger partial charge in [-0.15, -0.1) is 0 Å². The molecule has 0 aliphatic heterocycles. The topological polar surface area (TPSA) is 62.1 Å². The lowest BCUT2D eigenvalue weighted by molar-refractivity contribution is 0.390. The number of ether oxygens (including phenoxy) is 2. The minimum atomic E-state index is 0.301. The third-order valence-corrected chi connectivity index (χ3v) is 3.94. The van der Waals surface area contributed by atoms with Crippen molar-refractivity contribution in [2.45, 2.75) is 5.16 Å². The van der Waals surface area contributed by atoms with Crippen LogP contribution in [0.25, 0.3) is 17.0 Å². The predicted octanol–water partition coefficient (Wildman–Crippen LogP) is 3.21. The molecule has 0 aliphatic carbocycles. The third kappa shape index (κ3) is 2.36. The summed E-state index contributed by atoms with van der Waals surface area (Å²) >= 11 is 7.47. The molecule has 2 heterocycles. The number of benzene rings is 1. The van der Waals surface area contributed by atoms with Crippen LogP contribution in [0, 0.1) is 0 Å². The molecule has 0 spiro atoms. The van der Waals surface area contributed by atoms with Crippen LogP contribution in [-0.4, -0.2) is 40.0 Å². The number of aromatic nitrogens is 4. The van der Waals surface area contributed by atoms with Crippen LogP contribution in [0.15, 0.2) is 29.6 Å². The number of hydrogen-bond donors (Lipinski definition) is 0. The first kappa shape index (κ1) is 14.9. The summed E-state index contributed by atoms with van der Waals surface area (Å²) in [5.41, 5.74) is 1.79. The summed E-state index contributed by atoms with van der Waals surface area (Å²) in [5.74, 6) is 1.30. The van der Waals surface area contributed by atoms with Gasteiger partial charge in [0, 0.05) is 0 Å². The fourth-order valence-corrected chi connectivity index (χ4v) is 2.87. The van der Waals surface area contributed by atoms with Gasteiger partial charge in [0.25, 0.3) is 0 Å². The van der Waals surface area contributed by atoms with E-state index in [0.717, 1.165) is 10.8 Å². The summed E-state index contributed by atoms with van der Waals surface area (Å²) in [7, 11) is 3.21. The highest BCUT2D eigenvalue weighted by molar-refractivity contribution is 7.98. The lowest BCUT2D eigenvalue weighted by Crippen LogP contribution is -2.03. The van der Waals surface area contributed by atoms with Crippen molar-refractivity contribution in [3.8, 4) is 17.2 Å². The number of halogens is 1. The average Bonchev–Trinajstić information content (AvgIpc) is 2.91. The van der Waals surface area contributed by atoms with E-state index in [1.165, 1.54) is 18.0 Å². The molecule has 0 atom stereocenters. The van der Waals surface area contributed by atoms with Crippen LogP contribution >= 0.6 is 23.4 Å². The van der Waals surface area contributed by atoms with Gasteiger partial charge in [0.1, 0.15) is 22.3 Å².